The summed E-state index contributed by atoms with van der Waals surface area (Å²) in [6, 6.07) is 13.5. The molecular formula is C37H46N6O. The van der Waals surface area contributed by atoms with Crippen LogP contribution in [0.15, 0.2) is 55.1 Å². The maximum atomic E-state index is 13.4. The number of carbonyl (C=O) groups excluding carboxylic acids is 1. The molecule has 2 atom stereocenters. The number of likely N-dealkylation sites (tertiary alicyclic amines) is 1. The molecule has 1 amide bonds. The standard InChI is InChI=1S/C37H46N6O/c1-24(2)34(38-3)36(44)43-17-7-8-33(43)35-40-21-28(42-35)18-27-13-14-29(25-9-11-26(12-10-25)32-22-39-23-41-32)31-20-37(19-30(27)31)15-5-4-6-16-37/h9-14,21-24,33-34,38H,4-8,15-20H2,1-3H3,(H,39,41)(H,40,42)/t33?,34-/m0/s1. The number of H-pyrrole nitrogens is 2. The Labute approximate surface area is 261 Å². The van der Waals surface area contributed by atoms with E-state index in [0.29, 0.717) is 5.41 Å². The molecule has 2 aromatic heterocycles. The van der Waals surface area contributed by atoms with Gasteiger partial charge in [-0.1, -0.05) is 69.5 Å². The molecular weight excluding hydrogens is 544 g/mol. The van der Waals surface area contributed by atoms with E-state index in [2.05, 4.69) is 70.5 Å². The Morgan fingerprint density at radius 2 is 1.77 bits per heavy atom. The van der Waals surface area contributed by atoms with Crippen molar-refractivity contribution in [2.75, 3.05) is 13.6 Å². The van der Waals surface area contributed by atoms with E-state index < -0.39 is 0 Å². The Balaban J connectivity index is 1.16. The summed E-state index contributed by atoms with van der Waals surface area (Å²) in [7, 11) is 1.88. The molecule has 0 bridgehead atoms. The van der Waals surface area contributed by atoms with Crippen molar-refractivity contribution >= 4 is 5.91 Å². The van der Waals surface area contributed by atoms with E-state index in [1.807, 2.05) is 24.3 Å². The Morgan fingerprint density at radius 3 is 2.50 bits per heavy atom. The molecule has 0 radical (unpaired) electrons. The second kappa shape index (κ2) is 12.0. The smallest absolute Gasteiger partial charge is 0.240 e. The second-order valence-corrected chi connectivity index (χ2v) is 13.9. The lowest BCUT2D eigenvalue weighted by atomic mass is 9.72. The van der Waals surface area contributed by atoms with Crippen molar-refractivity contribution in [2.45, 2.75) is 90.1 Å². The molecule has 1 saturated heterocycles. The molecule has 4 aromatic rings. The highest BCUT2D eigenvalue weighted by Gasteiger charge is 2.40. The van der Waals surface area contributed by atoms with Gasteiger partial charge in [0.15, 0.2) is 0 Å². The molecule has 3 heterocycles. The molecule has 2 fully saturated rings. The number of imidazole rings is 2. The normalized spacial score (nSPS) is 20.0. The van der Waals surface area contributed by atoms with Crippen molar-refractivity contribution in [3.63, 3.8) is 0 Å². The third kappa shape index (κ3) is 5.40. The number of hydrogen-bond acceptors (Lipinski definition) is 4. The highest BCUT2D eigenvalue weighted by Crippen LogP contribution is 2.50. The first kappa shape index (κ1) is 29.0. The molecule has 7 heteroatoms. The summed E-state index contributed by atoms with van der Waals surface area (Å²) >= 11 is 0. The number of fused-ring (bicyclic) bond motifs is 1. The van der Waals surface area contributed by atoms with Gasteiger partial charge >= 0.3 is 0 Å². The van der Waals surface area contributed by atoms with Gasteiger partial charge in [-0.15, -0.1) is 0 Å². The number of aromatic amines is 2. The van der Waals surface area contributed by atoms with E-state index in [1.54, 1.807) is 17.5 Å². The summed E-state index contributed by atoms with van der Waals surface area (Å²) in [6.45, 7) is 5.00. The fourth-order valence-electron chi connectivity index (χ4n) is 8.39. The summed E-state index contributed by atoms with van der Waals surface area (Å²) in [5.74, 6) is 1.36. The lowest BCUT2D eigenvalue weighted by molar-refractivity contribution is -0.135. The third-order valence-corrected chi connectivity index (χ3v) is 10.7. The van der Waals surface area contributed by atoms with Gasteiger partial charge < -0.3 is 20.2 Å². The average Bonchev–Trinajstić information content (AvgIpc) is 3.85. The second-order valence-electron chi connectivity index (χ2n) is 13.9. The van der Waals surface area contributed by atoms with Crippen LogP contribution in [0.1, 0.15) is 93.0 Å². The van der Waals surface area contributed by atoms with Crippen molar-refractivity contribution in [3.8, 4) is 22.4 Å². The summed E-state index contributed by atoms with van der Waals surface area (Å²) in [4.78, 5) is 31.4. The summed E-state index contributed by atoms with van der Waals surface area (Å²) in [6.07, 6.45) is 17.5. The van der Waals surface area contributed by atoms with Crippen molar-refractivity contribution in [1.82, 2.24) is 30.2 Å². The lowest BCUT2D eigenvalue weighted by Crippen LogP contribution is -2.47. The fraction of sp³-hybridized carbons (Fsp3) is 0.486. The van der Waals surface area contributed by atoms with Crippen molar-refractivity contribution in [1.29, 1.82) is 0 Å². The zero-order valence-electron chi connectivity index (χ0n) is 26.5. The number of likely N-dealkylation sites (N-methyl/N-ethyl adjacent to an activating group) is 1. The predicted octanol–water partition coefficient (Wildman–Crippen LogP) is 7.01. The minimum absolute atomic E-state index is 0.0224. The molecule has 7 rings (SSSR count). The van der Waals surface area contributed by atoms with Gasteiger partial charge in [0, 0.05) is 24.9 Å². The molecule has 1 unspecified atom stereocenters. The molecule has 3 aliphatic rings. The van der Waals surface area contributed by atoms with E-state index in [-0.39, 0.29) is 23.9 Å². The van der Waals surface area contributed by atoms with Crippen LogP contribution in [0.3, 0.4) is 0 Å². The highest BCUT2D eigenvalue weighted by atomic mass is 16.2. The quantitative estimate of drug-likeness (QED) is 0.206. The first-order chi connectivity index (χ1) is 21.4. The van der Waals surface area contributed by atoms with Crippen LogP contribution in [0, 0.1) is 11.3 Å². The Kier molecular flexibility index (Phi) is 7.91. The average molecular weight is 591 g/mol. The predicted molar refractivity (Wildman–Crippen MR) is 175 cm³/mol. The molecule has 2 aromatic carbocycles. The first-order valence-corrected chi connectivity index (χ1v) is 16.7. The van der Waals surface area contributed by atoms with Crippen molar-refractivity contribution in [3.05, 3.63) is 83.3 Å². The molecule has 1 aliphatic heterocycles. The zero-order chi connectivity index (χ0) is 30.3. The van der Waals surface area contributed by atoms with E-state index in [1.165, 1.54) is 61.6 Å². The van der Waals surface area contributed by atoms with E-state index >= 15 is 0 Å². The summed E-state index contributed by atoms with van der Waals surface area (Å²) in [5, 5.41) is 3.24. The van der Waals surface area contributed by atoms with Crippen molar-refractivity contribution in [2.24, 2.45) is 11.3 Å². The van der Waals surface area contributed by atoms with Crippen LogP contribution >= 0.6 is 0 Å². The van der Waals surface area contributed by atoms with Crippen LogP contribution in [-0.4, -0.2) is 50.4 Å². The number of hydrogen-bond donors (Lipinski definition) is 3. The Bertz CT molecular complexity index is 1600. The van der Waals surface area contributed by atoms with Gasteiger partial charge in [-0.2, -0.15) is 0 Å². The van der Waals surface area contributed by atoms with Crippen LogP contribution in [0.4, 0.5) is 0 Å². The van der Waals surface area contributed by atoms with E-state index in [0.717, 1.165) is 48.6 Å². The number of benzene rings is 2. The Hall–Kier alpha value is -3.71. The number of nitrogens with one attached hydrogen (secondary N) is 3. The van der Waals surface area contributed by atoms with Crippen molar-refractivity contribution < 1.29 is 4.79 Å². The molecule has 7 nitrogen and oxygen atoms in total. The van der Waals surface area contributed by atoms with Gasteiger partial charge in [0.2, 0.25) is 5.91 Å². The topological polar surface area (TPSA) is 89.7 Å². The monoisotopic (exact) mass is 590 g/mol. The minimum Gasteiger partial charge on any atom is -0.345 e. The number of aromatic nitrogens is 4. The maximum Gasteiger partial charge on any atom is 0.240 e. The largest absolute Gasteiger partial charge is 0.345 e. The van der Waals surface area contributed by atoms with Crippen LogP contribution in [0.25, 0.3) is 22.4 Å². The zero-order valence-corrected chi connectivity index (χ0v) is 26.5. The highest BCUT2D eigenvalue weighted by molar-refractivity contribution is 5.82. The summed E-state index contributed by atoms with van der Waals surface area (Å²) in [5.41, 5.74) is 11.0. The summed E-state index contributed by atoms with van der Waals surface area (Å²) < 4.78 is 0. The van der Waals surface area contributed by atoms with Gasteiger partial charge in [-0.25, -0.2) is 9.97 Å². The van der Waals surface area contributed by atoms with Crippen LogP contribution < -0.4 is 5.32 Å². The van der Waals surface area contributed by atoms with Crippen LogP contribution in [-0.2, 0) is 24.1 Å². The van der Waals surface area contributed by atoms with Gasteiger partial charge in [0.05, 0.1) is 30.3 Å². The number of carbonyl (C=O) groups is 1. The van der Waals surface area contributed by atoms with E-state index in [4.69, 9.17) is 4.98 Å². The maximum absolute atomic E-state index is 13.4. The third-order valence-electron chi connectivity index (χ3n) is 10.7. The Morgan fingerprint density at radius 1 is 1.00 bits per heavy atom. The SMILES string of the molecule is CN[C@H](C(=O)N1CCCC1c1ncc(Cc2ccc(-c3ccc(-c4cnc[nH]4)cc3)c3c2CC2(CCCCC2)C3)[nH]1)C(C)C. The molecule has 230 valence electrons. The lowest BCUT2D eigenvalue weighted by Gasteiger charge is -2.33. The first-order valence-electron chi connectivity index (χ1n) is 16.7. The number of amides is 1. The van der Waals surface area contributed by atoms with Gasteiger partial charge in [0.1, 0.15) is 5.82 Å². The molecule has 1 spiro atoms. The minimum atomic E-state index is -0.167. The van der Waals surface area contributed by atoms with Crippen LogP contribution in [0.2, 0.25) is 0 Å². The van der Waals surface area contributed by atoms with Gasteiger partial charge in [-0.05, 0) is 90.3 Å². The van der Waals surface area contributed by atoms with Crippen LogP contribution in [0.5, 0.6) is 0 Å². The molecule has 2 aliphatic carbocycles. The van der Waals surface area contributed by atoms with Gasteiger partial charge in [0.25, 0.3) is 0 Å². The molecule has 3 N–H and O–H groups in total. The van der Waals surface area contributed by atoms with E-state index in [9.17, 15) is 4.79 Å². The number of rotatable bonds is 8. The number of nitrogens with zero attached hydrogens (tertiary/aromatic N) is 3. The molecule has 44 heavy (non-hydrogen) atoms. The fourth-order valence-corrected chi connectivity index (χ4v) is 8.39. The molecule has 1 saturated carbocycles. The van der Waals surface area contributed by atoms with Gasteiger partial charge in [-0.3, -0.25) is 4.79 Å².